The van der Waals surface area contributed by atoms with Crippen LogP contribution in [0.3, 0.4) is 0 Å². The molecular weight excluding hydrogens is 226 g/mol. The van der Waals surface area contributed by atoms with Gasteiger partial charge in [-0.2, -0.15) is 5.10 Å². The highest BCUT2D eigenvalue weighted by molar-refractivity contribution is 5.76. The molecule has 0 spiro atoms. The molecule has 0 saturated carbocycles. The number of hydrogen-bond donors (Lipinski definition) is 1. The summed E-state index contributed by atoms with van der Waals surface area (Å²) in [6, 6.07) is 8.27. The van der Waals surface area contributed by atoms with Crippen LogP contribution >= 0.6 is 0 Å². The van der Waals surface area contributed by atoms with E-state index in [-0.39, 0.29) is 5.56 Å². The molecule has 88 valence electrons. The summed E-state index contributed by atoms with van der Waals surface area (Å²) in [5.74, 6) is 0. The molecule has 1 aliphatic carbocycles. The van der Waals surface area contributed by atoms with Gasteiger partial charge in [-0.1, -0.05) is 24.3 Å². The van der Waals surface area contributed by atoms with Gasteiger partial charge in [0, 0.05) is 23.5 Å². The standard InChI is InChI=1S/C14H11N3O/c18-14-13-11-6-5-9-3-1-2-4-10(9)12(11)16-17(13)8-7-15-14/h1-4,7-8H,5-6H2,(H,15,18). The van der Waals surface area contributed by atoms with Crippen molar-refractivity contribution in [1.29, 1.82) is 0 Å². The van der Waals surface area contributed by atoms with Gasteiger partial charge in [-0.3, -0.25) is 4.79 Å². The predicted molar refractivity (Wildman–Crippen MR) is 68.7 cm³/mol. The van der Waals surface area contributed by atoms with E-state index in [1.807, 2.05) is 12.1 Å². The Hall–Kier alpha value is -2.36. The van der Waals surface area contributed by atoms with E-state index in [0.717, 1.165) is 29.7 Å². The van der Waals surface area contributed by atoms with E-state index in [1.165, 1.54) is 5.56 Å². The molecule has 0 amide bonds. The maximum atomic E-state index is 11.9. The third kappa shape index (κ3) is 1.14. The molecule has 1 aromatic carbocycles. The zero-order valence-corrected chi connectivity index (χ0v) is 9.68. The maximum Gasteiger partial charge on any atom is 0.274 e. The molecule has 0 aliphatic heterocycles. The minimum atomic E-state index is -0.0642. The summed E-state index contributed by atoms with van der Waals surface area (Å²) >= 11 is 0. The molecule has 0 saturated heterocycles. The second kappa shape index (κ2) is 3.32. The number of nitrogens with zero attached hydrogens (tertiary/aromatic N) is 2. The van der Waals surface area contributed by atoms with Crippen molar-refractivity contribution in [3.05, 3.63) is 58.1 Å². The molecule has 0 atom stereocenters. The molecule has 0 radical (unpaired) electrons. The minimum absolute atomic E-state index is 0.0642. The number of fused-ring (bicyclic) bond motifs is 5. The monoisotopic (exact) mass is 237 g/mol. The summed E-state index contributed by atoms with van der Waals surface area (Å²) in [6.45, 7) is 0. The van der Waals surface area contributed by atoms with Crippen LogP contribution in [0, 0.1) is 0 Å². The molecule has 4 heteroatoms. The fraction of sp³-hybridized carbons (Fsp3) is 0.143. The van der Waals surface area contributed by atoms with Gasteiger partial charge in [0.05, 0.1) is 5.69 Å². The summed E-state index contributed by atoms with van der Waals surface area (Å²) in [7, 11) is 0. The highest BCUT2D eigenvalue weighted by atomic mass is 16.1. The van der Waals surface area contributed by atoms with Gasteiger partial charge in [0.25, 0.3) is 5.56 Å². The van der Waals surface area contributed by atoms with Gasteiger partial charge in [0.2, 0.25) is 0 Å². The number of rotatable bonds is 0. The number of nitrogens with one attached hydrogen (secondary N) is 1. The average molecular weight is 237 g/mol. The number of aryl methyl sites for hydroxylation is 2. The Morgan fingerprint density at radius 3 is 3.06 bits per heavy atom. The fourth-order valence-corrected chi connectivity index (χ4v) is 2.75. The van der Waals surface area contributed by atoms with E-state index >= 15 is 0 Å². The van der Waals surface area contributed by atoms with Crippen molar-refractivity contribution in [3.63, 3.8) is 0 Å². The first-order valence-electron chi connectivity index (χ1n) is 6.02. The van der Waals surface area contributed by atoms with E-state index in [9.17, 15) is 4.79 Å². The molecule has 2 aromatic heterocycles. The number of benzene rings is 1. The van der Waals surface area contributed by atoms with Gasteiger partial charge < -0.3 is 4.98 Å². The van der Waals surface area contributed by atoms with Crippen molar-refractivity contribution in [2.45, 2.75) is 12.8 Å². The zero-order valence-electron chi connectivity index (χ0n) is 9.68. The Morgan fingerprint density at radius 1 is 1.22 bits per heavy atom. The van der Waals surface area contributed by atoms with Crippen LogP contribution in [-0.2, 0) is 12.8 Å². The van der Waals surface area contributed by atoms with Gasteiger partial charge in [-0.25, -0.2) is 4.52 Å². The number of hydrogen-bond acceptors (Lipinski definition) is 2. The topological polar surface area (TPSA) is 50.2 Å². The van der Waals surface area contributed by atoms with E-state index in [4.69, 9.17) is 0 Å². The summed E-state index contributed by atoms with van der Waals surface area (Å²) in [4.78, 5) is 14.6. The Balaban J connectivity index is 2.15. The lowest BCUT2D eigenvalue weighted by Gasteiger charge is -2.14. The molecule has 3 aromatic rings. The van der Waals surface area contributed by atoms with Crippen molar-refractivity contribution in [3.8, 4) is 11.3 Å². The van der Waals surface area contributed by atoms with Gasteiger partial charge in [-0.15, -0.1) is 0 Å². The van der Waals surface area contributed by atoms with Crippen LogP contribution < -0.4 is 5.56 Å². The molecule has 0 bridgehead atoms. The van der Waals surface area contributed by atoms with Gasteiger partial charge in [-0.05, 0) is 18.4 Å². The van der Waals surface area contributed by atoms with E-state index in [2.05, 4.69) is 22.2 Å². The van der Waals surface area contributed by atoms with E-state index < -0.39 is 0 Å². The first-order valence-corrected chi connectivity index (χ1v) is 6.02. The molecule has 18 heavy (non-hydrogen) atoms. The van der Waals surface area contributed by atoms with Crippen molar-refractivity contribution in [1.82, 2.24) is 14.6 Å². The highest BCUT2D eigenvalue weighted by Gasteiger charge is 2.22. The zero-order chi connectivity index (χ0) is 12.1. The molecule has 4 nitrogen and oxygen atoms in total. The maximum absolute atomic E-state index is 11.9. The van der Waals surface area contributed by atoms with Gasteiger partial charge in [0.1, 0.15) is 5.52 Å². The summed E-state index contributed by atoms with van der Waals surface area (Å²) in [6.07, 6.45) is 5.26. The van der Waals surface area contributed by atoms with Gasteiger partial charge >= 0.3 is 0 Å². The second-order valence-corrected chi connectivity index (χ2v) is 4.57. The van der Waals surface area contributed by atoms with Crippen molar-refractivity contribution in [2.75, 3.05) is 0 Å². The minimum Gasteiger partial charge on any atom is -0.326 e. The molecular formula is C14H11N3O. The molecule has 1 aliphatic rings. The Morgan fingerprint density at radius 2 is 2.11 bits per heavy atom. The van der Waals surface area contributed by atoms with Crippen molar-refractivity contribution >= 4 is 5.52 Å². The third-order valence-electron chi connectivity index (χ3n) is 3.57. The highest BCUT2D eigenvalue weighted by Crippen LogP contribution is 2.33. The van der Waals surface area contributed by atoms with E-state index in [1.54, 1.807) is 16.9 Å². The van der Waals surface area contributed by atoms with Crippen molar-refractivity contribution in [2.24, 2.45) is 0 Å². The SMILES string of the molecule is O=c1[nH]ccn2nc3c(c12)CCc1ccccc1-3. The van der Waals surface area contributed by atoms with Crippen LogP contribution in [0.2, 0.25) is 0 Å². The lowest BCUT2D eigenvalue weighted by molar-refractivity contribution is 0.933. The fourth-order valence-electron chi connectivity index (χ4n) is 2.75. The lowest BCUT2D eigenvalue weighted by Crippen LogP contribution is -2.10. The largest absolute Gasteiger partial charge is 0.326 e. The smallest absolute Gasteiger partial charge is 0.274 e. The Labute approximate surface area is 103 Å². The number of H-pyrrole nitrogens is 1. The quantitative estimate of drug-likeness (QED) is 0.648. The second-order valence-electron chi connectivity index (χ2n) is 4.57. The van der Waals surface area contributed by atoms with Crippen molar-refractivity contribution < 1.29 is 0 Å². The molecule has 1 N–H and O–H groups in total. The third-order valence-corrected chi connectivity index (χ3v) is 3.57. The molecule has 4 rings (SSSR count). The van der Waals surface area contributed by atoms with Crippen LogP contribution in [-0.4, -0.2) is 14.6 Å². The van der Waals surface area contributed by atoms with Gasteiger partial charge in [0.15, 0.2) is 0 Å². The average Bonchev–Trinajstić information content (AvgIpc) is 2.79. The predicted octanol–water partition coefficient (Wildman–Crippen LogP) is 1.79. The van der Waals surface area contributed by atoms with Crippen LogP contribution in [0.5, 0.6) is 0 Å². The van der Waals surface area contributed by atoms with Crippen LogP contribution in [0.15, 0.2) is 41.5 Å². The van der Waals surface area contributed by atoms with Crippen LogP contribution in [0.1, 0.15) is 11.1 Å². The Bertz CT molecular complexity index is 813. The molecule has 0 unspecified atom stereocenters. The number of aromatic nitrogens is 3. The lowest BCUT2D eigenvalue weighted by atomic mass is 9.90. The summed E-state index contributed by atoms with van der Waals surface area (Å²) < 4.78 is 1.69. The Kier molecular flexibility index (Phi) is 1.78. The number of aromatic amines is 1. The molecule has 2 heterocycles. The summed E-state index contributed by atoms with van der Waals surface area (Å²) in [5, 5.41) is 4.55. The summed E-state index contributed by atoms with van der Waals surface area (Å²) in [5.41, 5.74) is 5.10. The first-order chi connectivity index (χ1) is 8.84. The van der Waals surface area contributed by atoms with E-state index in [0.29, 0.717) is 5.52 Å². The van der Waals surface area contributed by atoms with Crippen LogP contribution in [0.4, 0.5) is 0 Å². The normalized spacial score (nSPS) is 13.3. The first kappa shape index (κ1) is 9.65. The molecule has 0 fully saturated rings. The van der Waals surface area contributed by atoms with Crippen LogP contribution in [0.25, 0.3) is 16.8 Å².